The minimum Gasteiger partial charge on any atom is -0.390 e. The number of hydrogen-bond donors (Lipinski definition) is 2. The van der Waals surface area contributed by atoms with Crippen molar-refractivity contribution in [3.05, 3.63) is 5.70 Å². The summed E-state index contributed by atoms with van der Waals surface area (Å²) in [7, 11) is 0. The van der Waals surface area contributed by atoms with Gasteiger partial charge in [0, 0.05) is 19.1 Å². The van der Waals surface area contributed by atoms with Gasteiger partial charge in [0.05, 0.1) is 0 Å². The molecule has 0 atom stereocenters. The molecule has 0 fully saturated rings. The van der Waals surface area contributed by atoms with E-state index >= 15 is 0 Å². The predicted molar refractivity (Wildman–Crippen MR) is 42.5 cm³/mol. The molecule has 0 amide bonds. The zero-order valence-electron chi connectivity index (χ0n) is 6.89. The Morgan fingerprint density at radius 3 is 2.18 bits per heavy atom. The summed E-state index contributed by atoms with van der Waals surface area (Å²) in [4.78, 5) is 0. The molecule has 0 heterocycles. The molecule has 0 aromatic heterocycles. The zero-order chi connectivity index (χ0) is 8.69. The molecule has 0 aliphatic heterocycles. The molecule has 0 aromatic rings. The molecule has 4 heteroatoms. The van der Waals surface area contributed by atoms with Gasteiger partial charge in [-0.15, -0.1) is 0 Å². The molecule has 0 rings (SSSR count). The van der Waals surface area contributed by atoms with E-state index in [1.807, 2.05) is 19.7 Å². The van der Waals surface area contributed by atoms with Crippen LogP contribution in [0, 0.1) is 5.41 Å². The second-order valence-corrected chi connectivity index (χ2v) is 1.82. The van der Waals surface area contributed by atoms with Crippen LogP contribution in [-0.4, -0.2) is 25.4 Å². The van der Waals surface area contributed by atoms with E-state index in [4.69, 9.17) is 20.6 Å². The highest BCUT2D eigenvalue weighted by atomic mass is 16.7. The number of nitrogens with two attached hydrogens (primary N) is 1. The lowest BCUT2D eigenvalue weighted by atomic mass is 10.5. The summed E-state index contributed by atoms with van der Waals surface area (Å²) in [6.07, 6.45) is -0.609. The average molecular weight is 158 g/mol. The lowest BCUT2D eigenvalue weighted by Gasteiger charge is -2.14. The quantitative estimate of drug-likeness (QED) is 0.451. The second kappa shape index (κ2) is 5.92. The summed E-state index contributed by atoms with van der Waals surface area (Å²) in [6.45, 7) is 4.69. The van der Waals surface area contributed by atoms with Gasteiger partial charge in [-0.05, 0) is 13.8 Å². The third kappa shape index (κ3) is 3.78. The summed E-state index contributed by atoms with van der Waals surface area (Å²) >= 11 is 0. The molecule has 0 radical (unpaired) electrons. The molecule has 0 unspecified atom stereocenters. The maximum atomic E-state index is 6.72. The third-order valence-electron chi connectivity index (χ3n) is 1.03. The summed E-state index contributed by atoms with van der Waals surface area (Å²) in [5.41, 5.74) is 5.53. The summed E-state index contributed by atoms with van der Waals surface area (Å²) in [5.74, 6) is 2.03. The van der Waals surface area contributed by atoms with Crippen molar-refractivity contribution in [1.29, 1.82) is 5.41 Å². The van der Waals surface area contributed by atoms with Crippen LogP contribution in [0.3, 0.4) is 0 Å². The molecule has 0 saturated carbocycles. The fourth-order valence-corrected chi connectivity index (χ4v) is 0.589. The van der Waals surface area contributed by atoms with Gasteiger partial charge in [0.1, 0.15) is 5.70 Å². The van der Waals surface area contributed by atoms with Gasteiger partial charge in [-0.3, -0.25) is 5.41 Å². The molecule has 0 saturated heterocycles. The summed E-state index contributed by atoms with van der Waals surface area (Å²) in [5, 5.41) is 6.72. The van der Waals surface area contributed by atoms with Crippen LogP contribution in [0.1, 0.15) is 13.8 Å². The van der Waals surface area contributed by atoms with E-state index in [0.29, 0.717) is 13.2 Å². The van der Waals surface area contributed by atoms with Crippen molar-refractivity contribution in [2.45, 2.75) is 20.1 Å². The van der Waals surface area contributed by atoms with Crippen LogP contribution in [-0.2, 0) is 9.47 Å². The van der Waals surface area contributed by atoms with E-state index in [0.717, 1.165) is 0 Å². The van der Waals surface area contributed by atoms with Gasteiger partial charge in [0.15, 0.2) is 0 Å². The van der Waals surface area contributed by atoms with Crippen molar-refractivity contribution in [1.82, 2.24) is 0 Å². The average Bonchev–Trinajstić information content (AvgIpc) is 2.03. The topological polar surface area (TPSA) is 68.3 Å². The lowest BCUT2D eigenvalue weighted by Crippen LogP contribution is -2.25. The smallest absolute Gasteiger partial charge is 0.207 e. The molecule has 0 aromatic carbocycles. The van der Waals surface area contributed by atoms with Gasteiger partial charge in [0.2, 0.25) is 6.29 Å². The van der Waals surface area contributed by atoms with Gasteiger partial charge in [-0.2, -0.15) is 0 Å². The van der Waals surface area contributed by atoms with Crippen molar-refractivity contribution in [2.75, 3.05) is 13.2 Å². The number of hydrogen-bond acceptors (Lipinski definition) is 4. The van der Waals surface area contributed by atoms with Crippen molar-refractivity contribution >= 4 is 5.87 Å². The first-order chi connectivity index (χ1) is 5.26. The van der Waals surface area contributed by atoms with Gasteiger partial charge in [0.25, 0.3) is 0 Å². The van der Waals surface area contributed by atoms with Crippen molar-refractivity contribution < 1.29 is 9.47 Å². The SMILES string of the molecule is CCOC(OCC)C(N)=C=N. The van der Waals surface area contributed by atoms with E-state index in [9.17, 15) is 0 Å². The highest BCUT2D eigenvalue weighted by molar-refractivity contribution is 5.53. The van der Waals surface area contributed by atoms with Crippen molar-refractivity contribution in [2.24, 2.45) is 5.73 Å². The maximum absolute atomic E-state index is 6.72. The van der Waals surface area contributed by atoms with E-state index in [1.165, 1.54) is 0 Å². The minimum atomic E-state index is -0.609. The fraction of sp³-hybridized carbons (Fsp3) is 0.714. The largest absolute Gasteiger partial charge is 0.390 e. The van der Waals surface area contributed by atoms with Crippen LogP contribution in [0.15, 0.2) is 5.70 Å². The standard InChI is InChI=1S/C7H14N2O2/c1-3-10-7(11-4-2)6(9)5-8/h7-8H,3-4,9H2,1-2H3. The lowest BCUT2D eigenvalue weighted by molar-refractivity contribution is -0.111. The number of ether oxygens (including phenoxy) is 2. The normalized spacial score (nSPS) is 9.73. The number of rotatable bonds is 5. The Kier molecular flexibility index (Phi) is 5.47. The van der Waals surface area contributed by atoms with Gasteiger partial charge < -0.3 is 15.2 Å². The maximum Gasteiger partial charge on any atom is 0.207 e. The van der Waals surface area contributed by atoms with Crippen LogP contribution >= 0.6 is 0 Å². The van der Waals surface area contributed by atoms with E-state index in [1.54, 1.807) is 0 Å². The molecular weight excluding hydrogens is 144 g/mol. The van der Waals surface area contributed by atoms with Crippen molar-refractivity contribution in [3.63, 3.8) is 0 Å². The third-order valence-corrected chi connectivity index (χ3v) is 1.03. The van der Waals surface area contributed by atoms with E-state index in [-0.39, 0.29) is 5.70 Å². The molecule has 64 valence electrons. The molecule has 0 aliphatic rings. The first kappa shape index (κ1) is 10.2. The molecule has 3 N–H and O–H groups in total. The summed E-state index contributed by atoms with van der Waals surface area (Å²) in [6, 6.07) is 0. The van der Waals surface area contributed by atoms with Crippen LogP contribution < -0.4 is 5.73 Å². The molecule has 0 spiro atoms. The van der Waals surface area contributed by atoms with E-state index < -0.39 is 6.29 Å². The minimum absolute atomic E-state index is 0.175. The Bertz CT molecular complexity index is 147. The fourth-order valence-electron chi connectivity index (χ4n) is 0.589. The Hall–Kier alpha value is -0.830. The number of nitrogens with one attached hydrogen (secondary N) is 1. The van der Waals surface area contributed by atoms with Crippen LogP contribution in [0.25, 0.3) is 0 Å². The first-order valence-corrected chi connectivity index (χ1v) is 3.54. The Morgan fingerprint density at radius 1 is 1.45 bits per heavy atom. The van der Waals surface area contributed by atoms with E-state index in [2.05, 4.69) is 0 Å². The molecular formula is C7H14N2O2. The van der Waals surface area contributed by atoms with Crippen molar-refractivity contribution in [3.8, 4) is 0 Å². The Balaban J connectivity index is 3.97. The first-order valence-electron chi connectivity index (χ1n) is 3.54. The summed E-state index contributed by atoms with van der Waals surface area (Å²) < 4.78 is 10.1. The molecule has 4 nitrogen and oxygen atoms in total. The monoisotopic (exact) mass is 158 g/mol. The van der Waals surface area contributed by atoms with Gasteiger partial charge in [-0.25, -0.2) is 0 Å². The molecule has 11 heavy (non-hydrogen) atoms. The Morgan fingerprint density at radius 2 is 1.91 bits per heavy atom. The highest BCUT2D eigenvalue weighted by Crippen LogP contribution is 1.99. The molecule has 0 bridgehead atoms. The van der Waals surface area contributed by atoms with Crippen LogP contribution in [0.4, 0.5) is 0 Å². The van der Waals surface area contributed by atoms with Gasteiger partial charge >= 0.3 is 0 Å². The van der Waals surface area contributed by atoms with Crippen LogP contribution in [0.2, 0.25) is 0 Å². The zero-order valence-corrected chi connectivity index (χ0v) is 6.89. The predicted octanol–water partition coefficient (Wildman–Crippen LogP) is 0.477. The second-order valence-electron chi connectivity index (χ2n) is 1.82. The Labute approximate surface area is 66.5 Å². The van der Waals surface area contributed by atoms with Gasteiger partial charge in [-0.1, -0.05) is 0 Å². The van der Waals surface area contributed by atoms with Crippen LogP contribution in [0.5, 0.6) is 0 Å². The highest BCUT2D eigenvalue weighted by Gasteiger charge is 2.10. The molecule has 0 aliphatic carbocycles.